The molecular weight excluding hydrogens is 390 g/mol. The first-order valence-corrected chi connectivity index (χ1v) is 11.0. The number of halogens is 1. The Kier molecular flexibility index (Phi) is 4.68. The summed E-state index contributed by atoms with van der Waals surface area (Å²) in [6.45, 7) is 2.21. The van der Waals surface area contributed by atoms with Crippen LogP contribution in [0.3, 0.4) is 0 Å². The lowest BCUT2D eigenvalue weighted by Gasteiger charge is -2.40. The lowest BCUT2D eigenvalue weighted by Crippen LogP contribution is -2.47. The van der Waals surface area contributed by atoms with Crippen LogP contribution >= 0.6 is 11.6 Å². The minimum absolute atomic E-state index is 0.157. The molecule has 1 spiro atoms. The lowest BCUT2D eigenvalue weighted by atomic mass is 9.82. The minimum Gasteiger partial charge on any atom is -0.261 e. The Bertz CT molecular complexity index is 1070. The maximum Gasteiger partial charge on any atom is 0.200 e. The van der Waals surface area contributed by atoms with Crippen molar-refractivity contribution in [2.75, 3.05) is 5.01 Å². The second-order valence-corrected chi connectivity index (χ2v) is 8.62. The van der Waals surface area contributed by atoms with Crippen LogP contribution in [0.5, 0.6) is 0 Å². The molecule has 150 valence electrons. The van der Waals surface area contributed by atoms with Crippen molar-refractivity contribution in [1.82, 2.24) is 5.01 Å². The monoisotopic (exact) mass is 413 g/mol. The molecule has 1 fully saturated rings. The smallest absolute Gasteiger partial charge is 0.200 e. The van der Waals surface area contributed by atoms with Crippen molar-refractivity contribution in [3.8, 4) is 17.3 Å². The van der Waals surface area contributed by atoms with Crippen LogP contribution in [-0.2, 0) is 5.54 Å². The molecular formula is C26H24ClN3. The van der Waals surface area contributed by atoms with E-state index in [2.05, 4.69) is 66.7 Å². The van der Waals surface area contributed by atoms with Crippen LogP contribution in [-0.4, -0.2) is 11.1 Å². The van der Waals surface area contributed by atoms with Crippen LogP contribution in [0, 0.1) is 11.5 Å². The first-order valence-electron chi connectivity index (χ1n) is 10.6. The van der Waals surface area contributed by atoms with Crippen molar-refractivity contribution >= 4 is 17.3 Å². The molecule has 0 aromatic heterocycles. The molecule has 0 amide bonds. The third-order valence-electron chi connectivity index (χ3n) is 6.55. The van der Waals surface area contributed by atoms with E-state index in [-0.39, 0.29) is 6.04 Å². The van der Waals surface area contributed by atoms with E-state index in [1.807, 2.05) is 29.3 Å². The third kappa shape index (κ3) is 2.64. The predicted molar refractivity (Wildman–Crippen MR) is 122 cm³/mol. The number of fused-ring (bicyclic) bond motifs is 5. The van der Waals surface area contributed by atoms with Gasteiger partial charge in [0.1, 0.15) is 5.54 Å². The van der Waals surface area contributed by atoms with Crippen LogP contribution < -0.4 is 5.01 Å². The number of unbranched alkanes of at least 4 members (excludes halogenated alkanes) is 1. The SMILES string of the molecule is CCCC[C@H]1CC2(c3ccccc3-c3ccccc32)N(c2ccc(Cl)cc2)N1C#N. The molecule has 0 unspecified atom stereocenters. The molecule has 1 heterocycles. The van der Waals surface area contributed by atoms with Gasteiger partial charge in [0.15, 0.2) is 6.19 Å². The van der Waals surface area contributed by atoms with Gasteiger partial charge in [-0.05, 0) is 52.9 Å². The zero-order valence-corrected chi connectivity index (χ0v) is 17.8. The summed E-state index contributed by atoms with van der Waals surface area (Å²) in [5.41, 5.74) is 5.68. The van der Waals surface area contributed by atoms with Crippen molar-refractivity contribution in [3.05, 3.63) is 88.9 Å². The number of hydrogen-bond donors (Lipinski definition) is 0. The second kappa shape index (κ2) is 7.38. The third-order valence-corrected chi connectivity index (χ3v) is 6.81. The predicted octanol–water partition coefficient (Wildman–Crippen LogP) is 6.73. The molecule has 1 aliphatic heterocycles. The molecule has 1 aliphatic carbocycles. The van der Waals surface area contributed by atoms with Crippen LogP contribution in [0.4, 0.5) is 5.69 Å². The van der Waals surface area contributed by atoms with Crippen LogP contribution in [0.1, 0.15) is 43.7 Å². The molecule has 1 atom stereocenters. The van der Waals surface area contributed by atoms with Crippen LogP contribution in [0.15, 0.2) is 72.8 Å². The first kappa shape index (κ1) is 19.0. The highest BCUT2D eigenvalue weighted by molar-refractivity contribution is 6.30. The number of hydrogen-bond acceptors (Lipinski definition) is 3. The van der Waals surface area contributed by atoms with Crippen LogP contribution in [0.25, 0.3) is 11.1 Å². The highest BCUT2D eigenvalue weighted by atomic mass is 35.5. The highest BCUT2D eigenvalue weighted by Gasteiger charge is 2.57. The molecule has 0 saturated carbocycles. The molecule has 3 nitrogen and oxygen atoms in total. The van der Waals surface area contributed by atoms with E-state index in [1.54, 1.807) is 0 Å². The normalized spacial score (nSPS) is 18.4. The van der Waals surface area contributed by atoms with Gasteiger partial charge in [-0.2, -0.15) is 5.26 Å². The van der Waals surface area contributed by atoms with Gasteiger partial charge in [0.05, 0.1) is 11.7 Å². The largest absolute Gasteiger partial charge is 0.261 e. The molecule has 4 heteroatoms. The lowest BCUT2D eigenvalue weighted by molar-refractivity contribution is 0.311. The molecule has 30 heavy (non-hydrogen) atoms. The average molecular weight is 414 g/mol. The molecule has 5 rings (SSSR count). The second-order valence-electron chi connectivity index (χ2n) is 8.18. The Balaban J connectivity index is 1.78. The van der Waals surface area contributed by atoms with Gasteiger partial charge in [-0.25, -0.2) is 5.01 Å². The zero-order valence-electron chi connectivity index (χ0n) is 17.1. The number of rotatable bonds is 4. The van der Waals surface area contributed by atoms with Gasteiger partial charge in [-0.3, -0.25) is 5.01 Å². The van der Waals surface area contributed by atoms with Crippen LogP contribution in [0.2, 0.25) is 5.02 Å². The number of anilines is 1. The van der Waals surface area contributed by atoms with Crippen molar-refractivity contribution in [2.24, 2.45) is 0 Å². The summed E-state index contributed by atoms with van der Waals surface area (Å²) >= 11 is 6.20. The summed E-state index contributed by atoms with van der Waals surface area (Å²) in [5, 5.41) is 15.1. The maximum atomic E-state index is 10.3. The topological polar surface area (TPSA) is 30.3 Å². The molecule has 3 aromatic rings. The quantitative estimate of drug-likeness (QED) is 0.444. The van der Waals surface area contributed by atoms with Crippen molar-refractivity contribution in [2.45, 2.75) is 44.2 Å². The van der Waals surface area contributed by atoms with Gasteiger partial charge in [-0.15, -0.1) is 0 Å². The molecule has 0 radical (unpaired) electrons. The summed E-state index contributed by atoms with van der Waals surface area (Å²) in [5.74, 6) is 0. The summed E-state index contributed by atoms with van der Waals surface area (Å²) < 4.78 is 0. The van der Waals surface area contributed by atoms with E-state index >= 15 is 0 Å². The molecule has 0 N–H and O–H groups in total. The van der Waals surface area contributed by atoms with Gasteiger partial charge < -0.3 is 0 Å². The summed E-state index contributed by atoms with van der Waals surface area (Å²) in [6, 6.07) is 25.3. The van der Waals surface area contributed by atoms with E-state index in [1.165, 1.54) is 22.3 Å². The molecule has 3 aromatic carbocycles. The van der Waals surface area contributed by atoms with E-state index in [0.717, 1.165) is 31.4 Å². The Morgan fingerprint density at radius 2 is 1.57 bits per heavy atom. The number of nitriles is 1. The maximum absolute atomic E-state index is 10.3. The number of hydrazine groups is 1. The van der Waals surface area contributed by atoms with Gasteiger partial charge in [-0.1, -0.05) is 79.9 Å². The van der Waals surface area contributed by atoms with Crippen molar-refractivity contribution < 1.29 is 0 Å². The molecule has 1 saturated heterocycles. The minimum atomic E-state index is -0.394. The van der Waals surface area contributed by atoms with Crippen molar-refractivity contribution in [1.29, 1.82) is 5.26 Å². The summed E-state index contributed by atoms with van der Waals surface area (Å²) in [4.78, 5) is 0. The zero-order chi connectivity index (χ0) is 20.7. The Hall–Kier alpha value is -2.96. The van der Waals surface area contributed by atoms with Gasteiger partial charge >= 0.3 is 0 Å². The Labute approximate surface area is 183 Å². The fourth-order valence-corrected chi connectivity index (χ4v) is 5.46. The first-order chi connectivity index (χ1) is 14.7. The summed E-state index contributed by atoms with van der Waals surface area (Å²) in [7, 11) is 0. The fraction of sp³-hybridized carbons (Fsp3) is 0.269. The van der Waals surface area contributed by atoms with E-state index < -0.39 is 5.54 Å². The Morgan fingerprint density at radius 1 is 0.967 bits per heavy atom. The standard InChI is InChI=1S/C26H24ClN3/c1-2-3-8-21-17-26(30(29(21)18-28)20-15-13-19(27)14-16-20)24-11-6-4-9-22(24)23-10-5-7-12-25(23)26/h4-7,9-16,21H,2-3,8,17H2,1H3/t21-/m0/s1. The van der Waals surface area contributed by atoms with Gasteiger partial charge in [0, 0.05) is 11.4 Å². The highest BCUT2D eigenvalue weighted by Crippen LogP contribution is 2.58. The van der Waals surface area contributed by atoms with Crippen molar-refractivity contribution in [3.63, 3.8) is 0 Å². The fourth-order valence-electron chi connectivity index (χ4n) is 5.33. The summed E-state index contributed by atoms with van der Waals surface area (Å²) in [6.07, 6.45) is 6.64. The van der Waals surface area contributed by atoms with E-state index in [4.69, 9.17) is 11.6 Å². The van der Waals surface area contributed by atoms with Gasteiger partial charge in [0.25, 0.3) is 0 Å². The molecule has 0 bridgehead atoms. The molecule has 2 aliphatic rings. The number of nitrogens with zero attached hydrogens (tertiary/aromatic N) is 3. The number of benzene rings is 3. The van der Waals surface area contributed by atoms with E-state index in [9.17, 15) is 5.26 Å². The average Bonchev–Trinajstić information content (AvgIpc) is 3.27. The van der Waals surface area contributed by atoms with Gasteiger partial charge in [0.2, 0.25) is 0 Å². The van der Waals surface area contributed by atoms with E-state index in [0.29, 0.717) is 5.02 Å². The Morgan fingerprint density at radius 3 is 2.13 bits per heavy atom.